The number of nitrogens with zero attached hydrogens (tertiary/aromatic N) is 3. The Balaban J connectivity index is 1.42. The highest BCUT2D eigenvalue weighted by Gasteiger charge is 2.28. The van der Waals surface area contributed by atoms with E-state index < -0.39 is 0 Å². The van der Waals surface area contributed by atoms with Crippen LogP contribution in [-0.2, 0) is 4.79 Å². The molecule has 3 aromatic rings. The van der Waals surface area contributed by atoms with Gasteiger partial charge in [-0.3, -0.25) is 4.79 Å². The van der Waals surface area contributed by atoms with Crippen molar-refractivity contribution in [3.8, 4) is 17.1 Å². The molecule has 0 unspecified atom stereocenters. The van der Waals surface area contributed by atoms with Crippen molar-refractivity contribution in [3.63, 3.8) is 0 Å². The summed E-state index contributed by atoms with van der Waals surface area (Å²) in [5.41, 5.74) is 1.40. The topological polar surface area (TPSA) is 80.5 Å². The van der Waals surface area contributed by atoms with E-state index in [9.17, 15) is 9.18 Å². The Morgan fingerprint density at radius 3 is 2.69 bits per heavy atom. The average Bonchev–Trinajstić information content (AvgIpc) is 3.26. The second-order valence-electron chi connectivity index (χ2n) is 6.91. The molecule has 8 heteroatoms. The SMILES string of the molecule is COc1ccc(-c2noc(N3CCC[C@H](C(=O)Nc4ccc(F)cc4)C3)n2)cc1. The summed E-state index contributed by atoms with van der Waals surface area (Å²) < 4.78 is 23.6. The molecule has 150 valence electrons. The minimum atomic E-state index is -0.337. The number of hydrogen-bond acceptors (Lipinski definition) is 6. The molecule has 2 heterocycles. The second-order valence-corrected chi connectivity index (χ2v) is 6.91. The third-order valence-electron chi connectivity index (χ3n) is 4.94. The fourth-order valence-corrected chi connectivity index (χ4v) is 3.34. The maximum absolute atomic E-state index is 13.0. The fourth-order valence-electron chi connectivity index (χ4n) is 3.34. The molecule has 1 atom stereocenters. The summed E-state index contributed by atoms with van der Waals surface area (Å²) in [7, 11) is 1.61. The first-order chi connectivity index (χ1) is 14.1. The molecule has 2 aromatic carbocycles. The van der Waals surface area contributed by atoms with Gasteiger partial charge in [0.1, 0.15) is 11.6 Å². The number of aromatic nitrogens is 2. The van der Waals surface area contributed by atoms with Crippen molar-refractivity contribution in [2.75, 3.05) is 30.4 Å². The number of carbonyl (C=O) groups is 1. The largest absolute Gasteiger partial charge is 0.497 e. The molecule has 1 aromatic heterocycles. The van der Waals surface area contributed by atoms with Crippen LogP contribution < -0.4 is 15.0 Å². The van der Waals surface area contributed by atoms with E-state index in [4.69, 9.17) is 9.26 Å². The lowest BCUT2D eigenvalue weighted by molar-refractivity contribution is -0.120. The maximum Gasteiger partial charge on any atom is 0.324 e. The quantitative estimate of drug-likeness (QED) is 0.708. The molecule has 1 fully saturated rings. The summed E-state index contributed by atoms with van der Waals surface area (Å²) in [5, 5.41) is 6.90. The molecule has 1 N–H and O–H groups in total. The van der Waals surface area contributed by atoms with Gasteiger partial charge in [-0.05, 0) is 61.4 Å². The minimum absolute atomic E-state index is 0.101. The van der Waals surface area contributed by atoms with Gasteiger partial charge in [0.15, 0.2) is 0 Å². The lowest BCUT2D eigenvalue weighted by Gasteiger charge is -2.30. The molecule has 1 amide bonds. The molecule has 0 aliphatic carbocycles. The zero-order chi connectivity index (χ0) is 20.2. The van der Waals surface area contributed by atoms with Gasteiger partial charge in [0.05, 0.1) is 13.0 Å². The number of amides is 1. The molecule has 1 saturated heterocycles. The molecule has 7 nitrogen and oxygen atoms in total. The number of nitrogens with one attached hydrogen (secondary N) is 1. The van der Waals surface area contributed by atoms with Crippen molar-refractivity contribution < 1.29 is 18.4 Å². The lowest BCUT2D eigenvalue weighted by Crippen LogP contribution is -2.41. The van der Waals surface area contributed by atoms with Crippen LogP contribution in [0.2, 0.25) is 0 Å². The van der Waals surface area contributed by atoms with Crippen molar-refractivity contribution in [1.29, 1.82) is 0 Å². The van der Waals surface area contributed by atoms with Crippen molar-refractivity contribution in [3.05, 3.63) is 54.3 Å². The number of piperidine rings is 1. The van der Waals surface area contributed by atoms with Gasteiger partial charge < -0.3 is 19.5 Å². The zero-order valence-corrected chi connectivity index (χ0v) is 16.0. The first-order valence-electron chi connectivity index (χ1n) is 9.42. The Hall–Kier alpha value is -3.42. The van der Waals surface area contributed by atoms with E-state index >= 15 is 0 Å². The smallest absolute Gasteiger partial charge is 0.324 e. The number of benzene rings is 2. The fraction of sp³-hybridized carbons (Fsp3) is 0.286. The summed E-state index contributed by atoms with van der Waals surface area (Å²) in [4.78, 5) is 19.0. The van der Waals surface area contributed by atoms with Crippen molar-refractivity contribution in [2.24, 2.45) is 5.92 Å². The molecule has 29 heavy (non-hydrogen) atoms. The Bertz CT molecular complexity index is 972. The molecule has 0 bridgehead atoms. The number of hydrogen-bond donors (Lipinski definition) is 1. The Labute approximate surface area is 167 Å². The minimum Gasteiger partial charge on any atom is -0.497 e. The predicted octanol–water partition coefficient (Wildman–Crippen LogP) is 3.74. The average molecular weight is 396 g/mol. The summed E-state index contributed by atoms with van der Waals surface area (Å²) in [6, 6.07) is 13.5. The molecular formula is C21H21FN4O3. The van der Waals surface area contributed by atoms with Gasteiger partial charge in [-0.25, -0.2) is 4.39 Å². The van der Waals surface area contributed by atoms with Gasteiger partial charge in [0.2, 0.25) is 11.7 Å². The van der Waals surface area contributed by atoms with Crippen LogP contribution in [-0.4, -0.2) is 36.2 Å². The highest BCUT2D eigenvalue weighted by atomic mass is 19.1. The summed E-state index contributed by atoms with van der Waals surface area (Å²) in [6.07, 6.45) is 1.60. The van der Waals surface area contributed by atoms with Gasteiger partial charge in [-0.2, -0.15) is 4.98 Å². The van der Waals surface area contributed by atoms with E-state index in [1.165, 1.54) is 12.1 Å². The highest BCUT2D eigenvalue weighted by Crippen LogP contribution is 2.26. The number of carbonyl (C=O) groups excluding carboxylic acids is 1. The van der Waals surface area contributed by atoms with Crippen LogP contribution in [0.4, 0.5) is 16.1 Å². The Morgan fingerprint density at radius 1 is 1.21 bits per heavy atom. The van der Waals surface area contributed by atoms with Crippen LogP contribution in [0.15, 0.2) is 53.1 Å². The summed E-state index contributed by atoms with van der Waals surface area (Å²) >= 11 is 0. The third-order valence-corrected chi connectivity index (χ3v) is 4.94. The standard InChI is InChI=1S/C21H21FN4O3/c1-28-18-10-4-14(5-11-18)19-24-21(29-25-19)26-12-2-3-15(13-26)20(27)23-17-8-6-16(22)7-9-17/h4-11,15H,2-3,12-13H2,1H3,(H,23,27)/t15-/m0/s1. The van der Waals surface area contributed by atoms with Crippen LogP contribution in [0.3, 0.4) is 0 Å². The van der Waals surface area contributed by atoms with Crippen LogP contribution in [0, 0.1) is 11.7 Å². The number of ether oxygens (including phenoxy) is 1. The predicted molar refractivity (Wildman–Crippen MR) is 106 cm³/mol. The molecule has 0 saturated carbocycles. The normalized spacial score (nSPS) is 16.5. The first-order valence-corrected chi connectivity index (χ1v) is 9.42. The molecular weight excluding hydrogens is 375 g/mol. The molecule has 4 rings (SSSR count). The third kappa shape index (κ3) is 4.37. The Kier molecular flexibility index (Phi) is 5.41. The molecule has 0 spiro atoms. The molecule has 1 aliphatic rings. The van der Waals surface area contributed by atoms with Crippen molar-refractivity contribution >= 4 is 17.6 Å². The van der Waals surface area contributed by atoms with Gasteiger partial charge in [0, 0.05) is 24.3 Å². The molecule has 1 aliphatic heterocycles. The highest BCUT2D eigenvalue weighted by molar-refractivity contribution is 5.93. The van der Waals surface area contributed by atoms with Gasteiger partial charge in [-0.15, -0.1) is 0 Å². The van der Waals surface area contributed by atoms with E-state index in [2.05, 4.69) is 15.5 Å². The number of halogens is 1. The van der Waals surface area contributed by atoms with E-state index in [0.717, 1.165) is 30.7 Å². The second kappa shape index (κ2) is 8.30. The van der Waals surface area contributed by atoms with Crippen molar-refractivity contribution in [1.82, 2.24) is 10.1 Å². The van der Waals surface area contributed by atoms with Crippen LogP contribution in [0.5, 0.6) is 5.75 Å². The number of methoxy groups -OCH3 is 1. The van der Waals surface area contributed by atoms with E-state index in [1.807, 2.05) is 29.2 Å². The van der Waals surface area contributed by atoms with Gasteiger partial charge >= 0.3 is 6.01 Å². The van der Waals surface area contributed by atoms with Crippen molar-refractivity contribution in [2.45, 2.75) is 12.8 Å². The number of anilines is 2. The first kappa shape index (κ1) is 18.9. The van der Waals surface area contributed by atoms with E-state index in [-0.39, 0.29) is 17.6 Å². The Morgan fingerprint density at radius 2 is 1.97 bits per heavy atom. The van der Waals surface area contributed by atoms with Gasteiger partial charge in [0.25, 0.3) is 0 Å². The monoisotopic (exact) mass is 396 g/mol. The summed E-state index contributed by atoms with van der Waals surface area (Å²) in [5.74, 6) is 0.585. The maximum atomic E-state index is 13.0. The van der Waals surface area contributed by atoms with E-state index in [0.29, 0.717) is 24.1 Å². The number of rotatable bonds is 5. The summed E-state index contributed by atoms with van der Waals surface area (Å²) in [6.45, 7) is 1.22. The van der Waals surface area contributed by atoms with Crippen LogP contribution in [0.25, 0.3) is 11.4 Å². The van der Waals surface area contributed by atoms with Crippen LogP contribution >= 0.6 is 0 Å². The lowest BCUT2D eigenvalue weighted by atomic mass is 9.97. The van der Waals surface area contributed by atoms with Gasteiger partial charge in [-0.1, -0.05) is 5.16 Å². The van der Waals surface area contributed by atoms with E-state index in [1.54, 1.807) is 19.2 Å². The zero-order valence-electron chi connectivity index (χ0n) is 16.0. The van der Waals surface area contributed by atoms with Crippen LogP contribution in [0.1, 0.15) is 12.8 Å². The molecule has 0 radical (unpaired) electrons.